The van der Waals surface area contributed by atoms with Gasteiger partial charge in [0.05, 0.1) is 17.3 Å². The summed E-state index contributed by atoms with van der Waals surface area (Å²) in [7, 11) is 1.43. The summed E-state index contributed by atoms with van der Waals surface area (Å²) in [5, 5.41) is 2.45. The fraction of sp³-hybridized carbons (Fsp3) is 0.133. The largest absolute Gasteiger partial charge is 0.495 e. The van der Waals surface area contributed by atoms with Crippen molar-refractivity contribution >= 4 is 27.7 Å². The van der Waals surface area contributed by atoms with Crippen LogP contribution in [0.1, 0.15) is 5.56 Å². The fourth-order valence-electron chi connectivity index (χ4n) is 1.66. The van der Waals surface area contributed by atoms with E-state index in [0.29, 0.717) is 5.75 Å². The van der Waals surface area contributed by atoms with Gasteiger partial charge in [0.15, 0.2) is 0 Å². The molecule has 4 nitrogen and oxygen atoms in total. The molecule has 2 aromatic rings. The summed E-state index contributed by atoms with van der Waals surface area (Å²) in [6, 6.07) is 11.8. The Morgan fingerprint density at radius 3 is 2.67 bits per heavy atom. The Labute approximate surface area is 130 Å². The third-order valence-corrected chi connectivity index (χ3v) is 3.30. The first-order chi connectivity index (χ1) is 10.1. The summed E-state index contributed by atoms with van der Waals surface area (Å²) >= 11 is 3.05. The van der Waals surface area contributed by atoms with Crippen molar-refractivity contribution in [3.8, 4) is 5.75 Å². The van der Waals surface area contributed by atoms with E-state index in [4.69, 9.17) is 9.47 Å². The van der Waals surface area contributed by atoms with Crippen molar-refractivity contribution in [2.24, 2.45) is 0 Å². The topological polar surface area (TPSA) is 47.6 Å². The minimum absolute atomic E-state index is 0.133. The molecule has 0 aromatic heterocycles. The Morgan fingerprint density at radius 1 is 1.29 bits per heavy atom. The summed E-state index contributed by atoms with van der Waals surface area (Å²) in [6.45, 7) is 0.133. The van der Waals surface area contributed by atoms with Gasteiger partial charge >= 0.3 is 6.09 Å². The number of halogens is 2. The number of amides is 1. The van der Waals surface area contributed by atoms with Crippen LogP contribution in [0.25, 0.3) is 0 Å². The van der Waals surface area contributed by atoms with Crippen LogP contribution in [0, 0.1) is 5.82 Å². The van der Waals surface area contributed by atoms with Gasteiger partial charge in [-0.2, -0.15) is 0 Å². The van der Waals surface area contributed by atoms with Crippen molar-refractivity contribution in [2.75, 3.05) is 12.4 Å². The zero-order chi connectivity index (χ0) is 15.2. The molecule has 21 heavy (non-hydrogen) atoms. The number of carbonyl (C=O) groups is 1. The molecule has 0 aliphatic rings. The molecular formula is C15H13BrFNO3. The van der Waals surface area contributed by atoms with Crippen LogP contribution in [-0.2, 0) is 11.3 Å². The Balaban J connectivity index is 2.01. The van der Waals surface area contributed by atoms with E-state index in [-0.39, 0.29) is 16.8 Å². The van der Waals surface area contributed by atoms with E-state index in [1.54, 1.807) is 0 Å². The zero-order valence-electron chi connectivity index (χ0n) is 11.2. The van der Waals surface area contributed by atoms with Gasteiger partial charge < -0.3 is 9.47 Å². The number of carbonyl (C=O) groups excluding carboxylic acids is 1. The van der Waals surface area contributed by atoms with Crippen LogP contribution in [0.3, 0.4) is 0 Å². The molecular weight excluding hydrogens is 341 g/mol. The highest BCUT2D eigenvalue weighted by Crippen LogP contribution is 2.30. The first-order valence-electron chi connectivity index (χ1n) is 6.11. The number of hydrogen-bond acceptors (Lipinski definition) is 3. The average molecular weight is 354 g/mol. The lowest BCUT2D eigenvalue weighted by atomic mass is 10.2. The molecule has 0 spiro atoms. The molecule has 1 amide bonds. The van der Waals surface area contributed by atoms with Gasteiger partial charge in [-0.15, -0.1) is 0 Å². The number of hydrogen-bond donors (Lipinski definition) is 1. The maximum atomic E-state index is 13.5. The smallest absolute Gasteiger partial charge is 0.412 e. The predicted octanol–water partition coefficient (Wildman–Crippen LogP) is 4.35. The molecule has 2 rings (SSSR count). The average Bonchev–Trinajstić information content (AvgIpc) is 2.49. The third-order valence-electron chi connectivity index (χ3n) is 2.69. The Kier molecular flexibility index (Phi) is 5.16. The summed E-state index contributed by atoms with van der Waals surface area (Å²) in [5.41, 5.74) is 1.07. The molecule has 0 unspecified atom stereocenters. The van der Waals surface area contributed by atoms with Crippen LogP contribution in [0.2, 0.25) is 0 Å². The Hall–Kier alpha value is -2.08. The highest BCUT2D eigenvalue weighted by Gasteiger charge is 2.12. The van der Waals surface area contributed by atoms with E-state index in [1.165, 1.54) is 13.2 Å². The summed E-state index contributed by atoms with van der Waals surface area (Å²) in [6.07, 6.45) is -0.682. The van der Waals surface area contributed by atoms with Crippen molar-refractivity contribution in [3.05, 3.63) is 58.3 Å². The zero-order valence-corrected chi connectivity index (χ0v) is 12.8. The highest BCUT2D eigenvalue weighted by molar-refractivity contribution is 9.10. The van der Waals surface area contributed by atoms with Crippen molar-refractivity contribution < 1.29 is 18.7 Å². The van der Waals surface area contributed by atoms with E-state index in [0.717, 1.165) is 11.6 Å². The lowest BCUT2D eigenvalue weighted by molar-refractivity contribution is 0.155. The van der Waals surface area contributed by atoms with E-state index < -0.39 is 11.9 Å². The molecule has 2 aromatic carbocycles. The van der Waals surface area contributed by atoms with Crippen molar-refractivity contribution in [1.82, 2.24) is 0 Å². The monoisotopic (exact) mass is 353 g/mol. The highest BCUT2D eigenvalue weighted by atomic mass is 79.9. The molecule has 0 saturated carbocycles. The van der Waals surface area contributed by atoms with Gasteiger partial charge in [-0.25, -0.2) is 9.18 Å². The number of nitrogens with one attached hydrogen (secondary N) is 1. The van der Waals surface area contributed by atoms with Crippen molar-refractivity contribution in [1.29, 1.82) is 0 Å². The second-order valence-electron chi connectivity index (χ2n) is 4.15. The summed E-state index contributed by atoms with van der Waals surface area (Å²) in [4.78, 5) is 11.7. The lowest BCUT2D eigenvalue weighted by Gasteiger charge is -2.11. The second kappa shape index (κ2) is 7.08. The quantitative estimate of drug-likeness (QED) is 0.888. The van der Waals surface area contributed by atoms with Crippen molar-refractivity contribution in [2.45, 2.75) is 6.61 Å². The second-order valence-corrected chi connectivity index (χ2v) is 5.01. The minimum Gasteiger partial charge on any atom is -0.495 e. The molecule has 110 valence electrons. The molecule has 0 radical (unpaired) electrons. The molecule has 0 heterocycles. The normalized spacial score (nSPS) is 10.0. The van der Waals surface area contributed by atoms with Crippen molar-refractivity contribution in [3.63, 3.8) is 0 Å². The SMILES string of the molecule is COc1cc(Br)c(F)cc1NC(=O)OCc1ccccc1. The molecule has 0 bridgehead atoms. The van der Waals surface area contributed by atoms with Gasteiger partial charge in [-0.3, -0.25) is 5.32 Å². The molecule has 0 saturated heterocycles. The summed E-state index contributed by atoms with van der Waals surface area (Å²) < 4.78 is 23.9. The maximum absolute atomic E-state index is 13.5. The van der Waals surface area contributed by atoms with Crippen LogP contribution < -0.4 is 10.1 Å². The first kappa shape index (κ1) is 15.3. The fourth-order valence-corrected chi connectivity index (χ4v) is 1.99. The van der Waals surface area contributed by atoms with Gasteiger partial charge in [-0.1, -0.05) is 30.3 Å². The van der Waals surface area contributed by atoms with Gasteiger partial charge in [0.1, 0.15) is 18.2 Å². The Morgan fingerprint density at radius 2 is 2.00 bits per heavy atom. The molecule has 6 heteroatoms. The van der Waals surface area contributed by atoms with Gasteiger partial charge in [0.2, 0.25) is 0 Å². The number of rotatable bonds is 4. The first-order valence-corrected chi connectivity index (χ1v) is 6.90. The van der Waals surface area contributed by atoms with Gasteiger partial charge in [0.25, 0.3) is 0 Å². The Bertz CT molecular complexity index is 634. The van der Waals surface area contributed by atoms with Gasteiger partial charge in [0, 0.05) is 6.07 Å². The molecule has 0 aliphatic carbocycles. The lowest BCUT2D eigenvalue weighted by Crippen LogP contribution is -2.14. The van der Waals surface area contributed by atoms with Crippen LogP contribution >= 0.6 is 15.9 Å². The molecule has 0 atom stereocenters. The minimum atomic E-state index is -0.682. The summed E-state index contributed by atoms with van der Waals surface area (Å²) in [5.74, 6) is -0.172. The van der Waals surface area contributed by atoms with Crippen LogP contribution in [0.4, 0.5) is 14.9 Å². The number of ether oxygens (including phenoxy) is 2. The third kappa shape index (κ3) is 4.19. The number of anilines is 1. The molecule has 0 fully saturated rings. The van der Waals surface area contributed by atoms with E-state index in [2.05, 4.69) is 21.2 Å². The van der Waals surface area contributed by atoms with Crippen LogP contribution in [-0.4, -0.2) is 13.2 Å². The van der Waals surface area contributed by atoms with Gasteiger partial charge in [-0.05, 0) is 27.6 Å². The predicted molar refractivity (Wildman–Crippen MR) is 80.9 cm³/mol. The number of methoxy groups -OCH3 is 1. The van der Waals surface area contributed by atoms with E-state index in [1.807, 2.05) is 30.3 Å². The maximum Gasteiger partial charge on any atom is 0.412 e. The molecule has 1 N–H and O–H groups in total. The van der Waals surface area contributed by atoms with E-state index in [9.17, 15) is 9.18 Å². The number of benzene rings is 2. The molecule has 0 aliphatic heterocycles. The van der Waals surface area contributed by atoms with Crippen LogP contribution in [0.15, 0.2) is 46.9 Å². The van der Waals surface area contributed by atoms with Crippen LogP contribution in [0.5, 0.6) is 5.75 Å². The van der Waals surface area contributed by atoms with E-state index >= 15 is 0 Å². The standard InChI is InChI=1S/C15H13BrFNO3/c1-20-14-7-11(16)12(17)8-13(14)18-15(19)21-9-10-5-3-2-4-6-10/h2-8H,9H2,1H3,(H,18,19).